The first-order valence-electron chi connectivity index (χ1n) is 3.84. The molecule has 1 atom stereocenters. The Morgan fingerprint density at radius 2 is 2.00 bits per heavy atom. The average Bonchev–Trinajstić information content (AvgIpc) is 2.08. The van der Waals surface area contributed by atoms with Crippen LogP contribution in [0.15, 0.2) is 24.3 Å². The molecule has 1 rings (SSSR count). The van der Waals surface area contributed by atoms with Crippen LogP contribution in [-0.4, -0.2) is 17.1 Å². The van der Waals surface area contributed by atoms with Crippen LogP contribution in [0.1, 0.15) is 6.92 Å². The molecule has 2 N–H and O–H groups in total. The van der Waals surface area contributed by atoms with Crippen LogP contribution in [0.5, 0.6) is 0 Å². The van der Waals surface area contributed by atoms with Crippen molar-refractivity contribution in [3.63, 3.8) is 0 Å². The van der Waals surface area contributed by atoms with Gasteiger partial charge in [0.2, 0.25) is 0 Å². The van der Waals surface area contributed by atoms with Crippen molar-refractivity contribution in [2.75, 3.05) is 5.32 Å². The van der Waals surface area contributed by atoms with Crippen LogP contribution in [0.2, 0.25) is 5.02 Å². The van der Waals surface area contributed by atoms with Crippen molar-refractivity contribution in [3.8, 4) is 0 Å². The lowest BCUT2D eigenvalue weighted by Crippen LogP contribution is -2.25. The molecular weight excluding hydrogens is 190 g/mol. The molecule has 3 nitrogen and oxygen atoms in total. The predicted molar refractivity (Wildman–Crippen MR) is 52.2 cm³/mol. The fourth-order valence-electron chi connectivity index (χ4n) is 0.858. The van der Waals surface area contributed by atoms with Gasteiger partial charge in [0.25, 0.3) is 0 Å². The molecule has 4 heteroatoms. The van der Waals surface area contributed by atoms with Crippen LogP contribution in [0.4, 0.5) is 5.69 Å². The summed E-state index contributed by atoms with van der Waals surface area (Å²) in [6, 6.07) is 6.29. The number of rotatable bonds is 3. The van der Waals surface area contributed by atoms with E-state index in [9.17, 15) is 4.79 Å². The van der Waals surface area contributed by atoms with Crippen LogP contribution in [0.25, 0.3) is 0 Å². The summed E-state index contributed by atoms with van der Waals surface area (Å²) in [5.41, 5.74) is 0.749. The Kier molecular flexibility index (Phi) is 3.14. The number of carboxylic acid groups (broad SMARTS) is 1. The Balaban J connectivity index is 2.64. The van der Waals surface area contributed by atoms with Gasteiger partial charge >= 0.3 is 5.97 Å². The lowest BCUT2D eigenvalue weighted by Gasteiger charge is -2.09. The SMILES string of the molecule is C[C@@H](Nc1ccc(Cl)cc1)C(=O)O. The molecule has 0 bridgehead atoms. The second-order valence-electron chi connectivity index (χ2n) is 2.71. The molecule has 0 amide bonds. The molecule has 0 unspecified atom stereocenters. The van der Waals surface area contributed by atoms with Gasteiger partial charge < -0.3 is 10.4 Å². The van der Waals surface area contributed by atoms with Gasteiger partial charge in [0, 0.05) is 10.7 Å². The molecule has 0 fully saturated rings. The quantitative estimate of drug-likeness (QED) is 0.785. The summed E-state index contributed by atoms with van der Waals surface area (Å²) in [6.45, 7) is 1.58. The number of benzene rings is 1. The first-order valence-corrected chi connectivity index (χ1v) is 4.22. The summed E-state index contributed by atoms with van der Waals surface area (Å²) in [7, 11) is 0. The third-order valence-electron chi connectivity index (χ3n) is 1.60. The number of nitrogens with one attached hydrogen (secondary N) is 1. The van der Waals surface area contributed by atoms with Gasteiger partial charge in [-0.3, -0.25) is 4.79 Å². The highest BCUT2D eigenvalue weighted by molar-refractivity contribution is 6.30. The number of carboxylic acids is 1. The third kappa shape index (κ3) is 2.95. The standard InChI is InChI=1S/C9H10ClNO2/c1-6(9(12)13)11-8-4-2-7(10)3-5-8/h2-6,11H,1H3,(H,12,13)/t6-/m1/s1. The van der Waals surface area contributed by atoms with E-state index in [1.165, 1.54) is 0 Å². The van der Waals surface area contributed by atoms with E-state index in [0.29, 0.717) is 5.02 Å². The Morgan fingerprint density at radius 1 is 1.46 bits per heavy atom. The second-order valence-corrected chi connectivity index (χ2v) is 3.15. The van der Waals surface area contributed by atoms with Crippen LogP contribution in [0.3, 0.4) is 0 Å². The Hall–Kier alpha value is -1.22. The maximum Gasteiger partial charge on any atom is 0.325 e. The molecule has 0 spiro atoms. The van der Waals surface area contributed by atoms with Gasteiger partial charge in [0.05, 0.1) is 0 Å². The van der Waals surface area contributed by atoms with Gasteiger partial charge in [-0.1, -0.05) is 11.6 Å². The zero-order valence-corrected chi connectivity index (χ0v) is 7.88. The summed E-state index contributed by atoms with van der Waals surface area (Å²) in [5.74, 6) is -0.880. The highest BCUT2D eigenvalue weighted by Gasteiger charge is 2.09. The molecular formula is C9H10ClNO2. The van der Waals surface area contributed by atoms with Gasteiger partial charge in [-0.15, -0.1) is 0 Å². The molecule has 0 aliphatic carbocycles. The smallest absolute Gasteiger partial charge is 0.325 e. The van der Waals surface area contributed by atoms with E-state index < -0.39 is 12.0 Å². The summed E-state index contributed by atoms with van der Waals surface area (Å²) in [6.07, 6.45) is 0. The highest BCUT2D eigenvalue weighted by Crippen LogP contribution is 2.13. The van der Waals surface area contributed by atoms with Gasteiger partial charge in [0.15, 0.2) is 0 Å². The molecule has 1 aromatic rings. The molecule has 0 heterocycles. The van der Waals surface area contributed by atoms with E-state index in [-0.39, 0.29) is 0 Å². The molecule has 13 heavy (non-hydrogen) atoms. The largest absolute Gasteiger partial charge is 0.480 e. The van der Waals surface area contributed by atoms with Gasteiger partial charge in [-0.2, -0.15) is 0 Å². The lowest BCUT2D eigenvalue weighted by atomic mass is 10.3. The number of hydrogen-bond acceptors (Lipinski definition) is 2. The number of hydrogen-bond donors (Lipinski definition) is 2. The fraction of sp³-hybridized carbons (Fsp3) is 0.222. The molecule has 1 aromatic carbocycles. The number of halogens is 1. The van der Waals surface area contributed by atoms with Crippen molar-refractivity contribution >= 4 is 23.3 Å². The van der Waals surface area contributed by atoms with Crippen molar-refractivity contribution in [1.29, 1.82) is 0 Å². The Labute approximate surface area is 81.3 Å². The van der Waals surface area contributed by atoms with Gasteiger partial charge in [-0.05, 0) is 31.2 Å². The Bertz CT molecular complexity index is 297. The third-order valence-corrected chi connectivity index (χ3v) is 1.85. The molecule has 0 saturated heterocycles. The van der Waals surface area contributed by atoms with Crippen LogP contribution in [-0.2, 0) is 4.79 Å². The number of aliphatic carboxylic acids is 1. The van der Waals surface area contributed by atoms with Crippen molar-refractivity contribution < 1.29 is 9.90 Å². The van der Waals surface area contributed by atoms with Crippen molar-refractivity contribution in [1.82, 2.24) is 0 Å². The molecule has 70 valence electrons. The van der Waals surface area contributed by atoms with E-state index in [4.69, 9.17) is 16.7 Å². The van der Waals surface area contributed by atoms with Crippen LogP contribution >= 0.6 is 11.6 Å². The highest BCUT2D eigenvalue weighted by atomic mass is 35.5. The fourth-order valence-corrected chi connectivity index (χ4v) is 0.984. The zero-order valence-electron chi connectivity index (χ0n) is 7.12. The molecule has 0 aliphatic heterocycles. The average molecular weight is 200 g/mol. The lowest BCUT2D eigenvalue weighted by molar-refractivity contribution is -0.137. The van der Waals surface area contributed by atoms with Crippen LogP contribution < -0.4 is 5.32 Å². The van der Waals surface area contributed by atoms with E-state index in [0.717, 1.165) is 5.69 Å². The first kappa shape index (κ1) is 9.86. The van der Waals surface area contributed by atoms with E-state index in [1.54, 1.807) is 31.2 Å². The van der Waals surface area contributed by atoms with Gasteiger partial charge in [-0.25, -0.2) is 0 Å². The van der Waals surface area contributed by atoms with E-state index in [2.05, 4.69) is 5.32 Å². The zero-order chi connectivity index (χ0) is 9.84. The topological polar surface area (TPSA) is 49.3 Å². The summed E-state index contributed by atoms with van der Waals surface area (Å²) in [5, 5.41) is 12.1. The molecule has 0 aliphatic rings. The Morgan fingerprint density at radius 3 is 2.46 bits per heavy atom. The minimum absolute atomic E-state index is 0.596. The monoisotopic (exact) mass is 199 g/mol. The summed E-state index contributed by atoms with van der Waals surface area (Å²) < 4.78 is 0. The number of carbonyl (C=O) groups is 1. The predicted octanol–water partition coefficient (Wildman–Crippen LogP) is 2.22. The van der Waals surface area contributed by atoms with Crippen molar-refractivity contribution in [3.05, 3.63) is 29.3 Å². The first-order chi connectivity index (χ1) is 6.09. The molecule has 0 saturated carbocycles. The summed E-state index contributed by atoms with van der Waals surface area (Å²) in [4.78, 5) is 10.5. The van der Waals surface area contributed by atoms with Gasteiger partial charge in [0.1, 0.15) is 6.04 Å². The molecule has 0 aromatic heterocycles. The van der Waals surface area contributed by atoms with Crippen molar-refractivity contribution in [2.24, 2.45) is 0 Å². The van der Waals surface area contributed by atoms with Crippen molar-refractivity contribution in [2.45, 2.75) is 13.0 Å². The van der Waals surface area contributed by atoms with E-state index in [1.807, 2.05) is 0 Å². The maximum atomic E-state index is 10.5. The van der Waals surface area contributed by atoms with Crippen LogP contribution in [0, 0.1) is 0 Å². The minimum Gasteiger partial charge on any atom is -0.480 e. The summed E-state index contributed by atoms with van der Waals surface area (Å²) >= 11 is 5.67. The number of anilines is 1. The molecule has 0 radical (unpaired) electrons. The van der Waals surface area contributed by atoms with E-state index >= 15 is 0 Å². The minimum atomic E-state index is -0.880. The maximum absolute atomic E-state index is 10.5. The normalized spacial score (nSPS) is 12.2. The second kappa shape index (κ2) is 4.14.